The molecule has 0 unspecified atom stereocenters. The predicted molar refractivity (Wildman–Crippen MR) is 105 cm³/mol. The van der Waals surface area contributed by atoms with E-state index in [0.717, 1.165) is 39.3 Å². The van der Waals surface area contributed by atoms with Gasteiger partial charge in [-0.25, -0.2) is 4.79 Å². The molecule has 0 radical (unpaired) electrons. The van der Waals surface area contributed by atoms with Gasteiger partial charge in [-0.15, -0.1) is 0 Å². The van der Waals surface area contributed by atoms with E-state index in [1.54, 1.807) is 0 Å². The van der Waals surface area contributed by atoms with Gasteiger partial charge in [0.25, 0.3) is 0 Å². The molecule has 0 bridgehead atoms. The molecule has 2 heterocycles. The van der Waals surface area contributed by atoms with Gasteiger partial charge in [-0.1, -0.05) is 12.1 Å². The van der Waals surface area contributed by atoms with Crippen molar-refractivity contribution in [3.8, 4) is 0 Å². The van der Waals surface area contributed by atoms with Crippen molar-refractivity contribution in [1.29, 1.82) is 0 Å². The van der Waals surface area contributed by atoms with Crippen LogP contribution >= 0.6 is 0 Å². The molecule has 26 heavy (non-hydrogen) atoms. The minimum absolute atomic E-state index is 0.114. The van der Waals surface area contributed by atoms with Crippen molar-refractivity contribution in [1.82, 2.24) is 15.5 Å². The fourth-order valence-corrected chi connectivity index (χ4v) is 3.72. The van der Waals surface area contributed by atoms with Crippen LogP contribution in [0.2, 0.25) is 0 Å². The summed E-state index contributed by atoms with van der Waals surface area (Å²) in [6.07, 6.45) is 1.09. The number of anilines is 1. The fraction of sp³-hybridized carbons (Fsp3) is 0.650. The Morgan fingerprint density at radius 3 is 2.65 bits per heavy atom. The highest BCUT2D eigenvalue weighted by molar-refractivity contribution is 5.74. The number of amides is 2. The largest absolute Gasteiger partial charge is 0.379 e. The maximum absolute atomic E-state index is 12.2. The number of ether oxygens (including phenoxy) is 1. The van der Waals surface area contributed by atoms with E-state index in [1.807, 2.05) is 20.8 Å². The lowest BCUT2D eigenvalue weighted by atomic mass is 10.0. The second kappa shape index (κ2) is 7.84. The van der Waals surface area contributed by atoms with E-state index in [9.17, 15) is 4.79 Å². The molecule has 1 aromatic rings. The average molecular weight is 361 g/mol. The van der Waals surface area contributed by atoms with Crippen molar-refractivity contribution in [2.45, 2.75) is 38.8 Å². The number of nitrogens with zero attached hydrogens (tertiary/aromatic N) is 2. The molecule has 1 fully saturated rings. The van der Waals surface area contributed by atoms with Crippen molar-refractivity contribution in [2.24, 2.45) is 0 Å². The molecule has 0 saturated carbocycles. The Morgan fingerprint density at radius 1 is 1.23 bits per heavy atom. The summed E-state index contributed by atoms with van der Waals surface area (Å²) in [6, 6.07) is 6.81. The zero-order valence-corrected chi connectivity index (χ0v) is 16.5. The maximum atomic E-state index is 12.2. The van der Waals surface area contributed by atoms with Gasteiger partial charge in [-0.05, 0) is 44.4 Å². The van der Waals surface area contributed by atoms with Crippen molar-refractivity contribution in [3.63, 3.8) is 0 Å². The molecule has 1 saturated heterocycles. The van der Waals surface area contributed by atoms with Crippen LogP contribution in [0.5, 0.6) is 0 Å². The third-order valence-corrected chi connectivity index (χ3v) is 5.05. The molecule has 2 N–H and O–H groups in total. The van der Waals surface area contributed by atoms with Gasteiger partial charge < -0.3 is 20.3 Å². The van der Waals surface area contributed by atoms with Crippen LogP contribution in [-0.2, 0) is 11.2 Å². The van der Waals surface area contributed by atoms with Crippen molar-refractivity contribution >= 4 is 11.7 Å². The Morgan fingerprint density at radius 2 is 1.96 bits per heavy atom. The van der Waals surface area contributed by atoms with Crippen LogP contribution in [0.4, 0.5) is 10.5 Å². The average Bonchev–Trinajstić information content (AvgIpc) is 2.95. The van der Waals surface area contributed by atoms with Crippen molar-refractivity contribution < 1.29 is 9.53 Å². The van der Waals surface area contributed by atoms with Crippen LogP contribution in [0.25, 0.3) is 0 Å². The molecule has 1 aromatic carbocycles. The van der Waals surface area contributed by atoms with Crippen LogP contribution < -0.4 is 15.5 Å². The van der Waals surface area contributed by atoms with Crippen molar-refractivity contribution in [3.05, 3.63) is 29.3 Å². The van der Waals surface area contributed by atoms with E-state index in [4.69, 9.17) is 4.74 Å². The molecule has 2 amide bonds. The van der Waals surface area contributed by atoms with E-state index >= 15 is 0 Å². The topological polar surface area (TPSA) is 56.8 Å². The second-order valence-electron chi connectivity index (χ2n) is 8.31. The van der Waals surface area contributed by atoms with Gasteiger partial charge >= 0.3 is 6.03 Å². The van der Waals surface area contributed by atoms with E-state index in [0.29, 0.717) is 6.54 Å². The molecule has 0 aliphatic carbocycles. The van der Waals surface area contributed by atoms with Crippen LogP contribution in [0.3, 0.4) is 0 Å². The number of hydrogen-bond acceptors (Lipinski definition) is 4. The highest BCUT2D eigenvalue weighted by atomic mass is 16.5. The Hall–Kier alpha value is -1.79. The minimum Gasteiger partial charge on any atom is -0.379 e. The van der Waals surface area contributed by atoms with Crippen LogP contribution in [0.1, 0.15) is 37.9 Å². The van der Waals surface area contributed by atoms with E-state index < -0.39 is 0 Å². The SMILES string of the molecule is CN1CCc2cc([C@H](CNC(=O)NC(C)(C)C)N3CCOCC3)ccc21. The standard InChI is InChI=1S/C20H32N4O2/c1-20(2,3)22-19(25)21-14-18(24-9-11-26-12-10-24)15-5-6-17-16(13-15)7-8-23(17)4/h5-6,13,18H,7-12,14H2,1-4H3,(H2,21,22,25)/t18-/m0/s1. The number of morpholine rings is 1. The van der Waals surface area contributed by atoms with Gasteiger partial charge in [0.15, 0.2) is 0 Å². The normalized spacial score (nSPS) is 19.2. The number of carbonyl (C=O) groups is 1. The molecule has 6 heteroatoms. The molecule has 2 aliphatic rings. The molecule has 0 aromatic heterocycles. The lowest BCUT2D eigenvalue weighted by Gasteiger charge is -2.35. The summed E-state index contributed by atoms with van der Waals surface area (Å²) >= 11 is 0. The second-order valence-corrected chi connectivity index (χ2v) is 8.31. The number of rotatable bonds is 4. The molecule has 2 aliphatic heterocycles. The Kier molecular flexibility index (Phi) is 5.73. The monoisotopic (exact) mass is 360 g/mol. The Balaban J connectivity index is 1.74. The molecule has 1 atom stereocenters. The van der Waals surface area contributed by atoms with Gasteiger partial charge in [0, 0.05) is 44.5 Å². The minimum atomic E-state index is -0.239. The van der Waals surface area contributed by atoms with E-state index in [-0.39, 0.29) is 17.6 Å². The highest BCUT2D eigenvalue weighted by Gasteiger charge is 2.26. The smallest absolute Gasteiger partial charge is 0.315 e. The van der Waals surface area contributed by atoms with Gasteiger partial charge in [0.05, 0.1) is 19.3 Å². The zero-order valence-electron chi connectivity index (χ0n) is 16.5. The van der Waals surface area contributed by atoms with Gasteiger partial charge in [-0.2, -0.15) is 0 Å². The summed E-state index contributed by atoms with van der Waals surface area (Å²) in [5.41, 5.74) is 3.77. The lowest BCUT2D eigenvalue weighted by Crippen LogP contribution is -2.49. The van der Waals surface area contributed by atoms with Gasteiger partial charge in [0.1, 0.15) is 0 Å². The molecular formula is C20H32N4O2. The molecule has 144 valence electrons. The molecular weight excluding hydrogens is 328 g/mol. The zero-order chi connectivity index (χ0) is 18.7. The van der Waals surface area contributed by atoms with Gasteiger partial charge in [0.2, 0.25) is 0 Å². The lowest BCUT2D eigenvalue weighted by molar-refractivity contribution is 0.0166. The van der Waals surface area contributed by atoms with Crippen LogP contribution in [-0.4, -0.2) is 62.9 Å². The first-order valence-electron chi connectivity index (χ1n) is 9.55. The van der Waals surface area contributed by atoms with Crippen LogP contribution in [0, 0.1) is 0 Å². The fourth-order valence-electron chi connectivity index (χ4n) is 3.72. The number of benzene rings is 1. The summed E-state index contributed by atoms with van der Waals surface area (Å²) in [6.45, 7) is 10.9. The third kappa shape index (κ3) is 4.68. The summed E-state index contributed by atoms with van der Waals surface area (Å²) in [4.78, 5) is 17.0. The number of likely N-dealkylation sites (N-methyl/N-ethyl adjacent to an activating group) is 1. The predicted octanol–water partition coefficient (Wildman–Crippen LogP) is 2.15. The number of nitrogens with one attached hydrogen (secondary N) is 2. The number of carbonyl (C=O) groups excluding carboxylic acids is 1. The summed E-state index contributed by atoms with van der Waals surface area (Å²) in [5.74, 6) is 0. The molecule has 0 spiro atoms. The summed E-state index contributed by atoms with van der Waals surface area (Å²) in [5, 5.41) is 6.05. The van der Waals surface area contributed by atoms with Crippen molar-refractivity contribution in [2.75, 3.05) is 51.3 Å². The highest BCUT2D eigenvalue weighted by Crippen LogP contribution is 2.31. The summed E-state index contributed by atoms with van der Waals surface area (Å²) in [7, 11) is 2.14. The number of hydrogen-bond donors (Lipinski definition) is 2. The third-order valence-electron chi connectivity index (χ3n) is 5.05. The van der Waals surface area contributed by atoms with Crippen LogP contribution in [0.15, 0.2) is 18.2 Å². The quantitative estimate of drug-likeness (QED) is 0.864. The Bertz CT molecular complexity index is 635. The first-order valence-corrected chi connectivity index (χ1v) is 9.55. The first-order chi connectivity index (χ1) is 12.3. The summed E-state index contributed by atoms with van der Waals surface area (Å²) < 4.78 is 5.52. The molecule has 6 nitrogen and oxygen atoms in total. The number of urea groups is 1. The first kappa shape index (κ1) is 19.0. The Labute approximate surface area is 156 Å². The number of fused-ring (bicyclic) bond motifs is 1. The van der Waals surface area contributed by atoms with E-state index in [1.165, 1.54) is 16.8 Å². The van der Waals surface area contributed by atoms with Gasteiger partial charge in [-0.3, -0.25) is 4.90 Å². The van der Waals surface area contributed by atoms with E-state index in [2.05, 4.69) is 45.7 Å². The molecule has 3 rings (SSSR count). The maximum Gasteiger partial charge on any atom is 0.315 e.